The number of allylic oxidation sites excluding steroid dienone is 1. The molecule has 126 valence electrons. The van der Waals surface area contributed by atoms with Gasteiger partial charge in [-0.05, 0) is 44.7 Å². The fraction of sp³-hybridized carbons (Fsp3) is 0.667. The number of sulfonamides is 1. The van der Waals surface area contributed by atoms with E-state index < -0.39 is 10.0 Å². The Morgan fingerprint density at radius 3 is 2.70 bits per heavy atom. The van der Waals surface area contributed by atoms with Crippen molar-refractivity contribution in [2.45, 2.75) is 37.9 Å². The van der Waals surface area contributed by atoms with Gasteiger partial charge in [-0.2, -0.15) is 0 Å². The maximum atomic E-state index is 11.7. The third kappa shape index (κ3) is 3.53. The van der Waals surface area contributed by atoms with Gasteiger partial charge in [0.1, 0.15) is 12.2 Å². The molecule has 1 saturated carbocycles. The van der Waals surface area contributed by atoms with Gasteiger partial charge in [-0.3, -0.25) is 4.99 Å². The minimum absolute atomic E-state index is 0.137. The number of aliphatic imine (C=N–C) groups is 3. The van der Waals surface area contributed by atoms with E-state index in [0.29, 0.717) is 6.04 Å². The molecular formula is C15H23N5O2S. The van der Waals surface area contributed by atoms with Gasteiger partial charge in [0.15, 0.2) is 6.17 Å². The minimum atomic E-state index is -3.12. The highest BCUT2D eigenvalue weighted by Gasteiger charge is 2.31. The largest absolute Gasteiger partial charge is 0.356 e. The van der Waals surface area contributed by atoms with Crippen LogP contribution < -0.4 is 4.72 Å². The molecule has 8 heteroatoms. The highest BCUT2D eigenvalue weighted by atomic mass is 32.2. The van der Waals surface area contributed by atoms with Gasteiger partial charge in [0.25, 0.3) is 0 Å². The van der Waals surface area contributed by atoms with Crippen LogP contribution >= 0.6 is 0 Å². The van der Waals surface area contributed by atoms with Crippen molar-refractivity contribution in [3.8, 4) is 0 Å². The molecule has 0 saturated heterocycles. The summed E-state index contributed by atoms with van der Waals surface area (Å²) in [7, 11) is 0.417. The van der Waals surface area contributed by atoms with Gasteiger partial charge < -0.3 is 4.90 Å². The average molecular weight is 337 g/mol. The molecule has 1 N–H and O–H groups in total. The van der Waals surface area contributed by atoms with Crippen LogP contribution in [0.4, 0.5) is 0 Å². The lowest BCUT2D eigenvalue weighted by Gasteiger charge is -2.37. The number of amidine groups is 1. The summed E-state index contributed by atoms with van der Waals surface area (Å²) in [4.78, 5) is 15.2. The van der Waals surface area contributed by atoms with Gasteiger partial charge >= 0.3 is 0 Å². The Balaban J connectivity index is 1.60. The molecule has 0 unspecified atom stereocenters. The number of hydrogen-bond donors (Lipinski definition) is 1. The van der Waals surface area contributed by atoms with Crippen LogP contribution in [-0.4, -0.2) is 63.8 Å². The normalized spacial score (nSPS) is 29.9. The summed E-state index contributed by atoms with van der Waals surface area (Å²) < 4.78 is 25.8. The van der Waals surface area contributed by atoms with Crippen molar-refractivity contribution in [3.05, 3.63) is 11.6 Å². The molecule has 3 aliphatic rings. The van der Waals surface area contributed by atoms with Crippen LogP contribution in [0.25, 0.3) is 0 Å². The second-order valence-electron chi connectivity index (χ2n) is 6.28. The van der Waals surface area contributed by atoms with Crippen LogP contribution in [0.1, 0.15) is 25.7 Å². The maximum absolute atomic E-state index is 11.7. The number of likely N-dealkylation sites (N-methyl/N-ethyl adjacent to an activating group) is 1. The Kier molecular flexibility index (Phi) is 4.63. The van der Waals surface area contributed by atoms with Crippen LogP contribution in [0.15, 0.2) is 26.6 Å². The van der Waals surface area contributed by atoms with Gasteiger partial charge in [-0.15, -0.1) is 0 Å². The summed E-state index contributed by atoms with van der Waals surface area (Å²) in [6.07, 6.45) is 9.02. The molecule has 1 aliphatic carbocycles. The average Bonchev–Trinajstić information content (AvgIpc) is 3.03. The standard InChI is InChI=1S/C15H23N5O2S/c1-16-23(21,22)9-11-3-5-12(6-4-11)20(2)15-13-7-8-17-14(13)18-10-19-15/h7-8,10-12,14,16H,3-6,9H2,1-2H3/t11?,12?,14-/m1/s1. The van der Waals surface area contributed by atoms with E-state index in [0.717, 1.165) is 37.1 Å². The number of hydrogen-bond acceptors (Lipinski definition) is 6. The smallest absolute Gasteiger partial charge is 0.211 e. The van der Waals surface area contributed by atoms with E-state index in [1.165, 1.54) is 7.05 Å². The number of nitrogens with zero attached hydrogens (tertiary/aromatic N) is 4. The quantitative estimate of drug-likeness (QED) is 0.823. The van der Waals surface area contributed by atoms with Crippen molar-refractivity contribution in [1.29, 1.82) is 0 Å². The third-order valence-electron chi connectivity index (χ3n) is 4.87. The molecule has 7 nitrogen and oxygen atoms in total. The molecule has 2 aliphatic heterocycles. The van der Waals surface area contributed by atoms with Gasteiger partial charge in [-0.25, -0.2) is 23.1 Å². The summed E-state index contributed by atoms with van der Waals surface area (Å²) in [6, 6.07) is 0.385. The summed E-state index contributed by atoms with van der Waals surface area (Å²) in [6.45, 7) is 0. The summed E-state index contributed by atoms with van der Waals surface area (Å²) in [5.74, 6) is 1.41. The van der Waals surface area contributed by atoms with Crippen LogP contribution in [0, 0.1) is 5.92 Å². The van der Waals surface area contributed by atoms with Crippen LogP contribution in [0.5, 0.6) is 0 Å². The molecule has 0 bridgehead atoms. The Morgan fingerprint density at radius 1 is 1.26 bits per heavy atom. The second kappa shape index (κ2) is 6.52. The highest BCUT2D eigenvalue weighted by Crippen LogP contribution is 2.30. The lowest BCUT2D eigenvalue weighted by molar-refractivity contribution is 0.239. The van der Waals surface area contributed by atoms with Crippen molar-refractivity contribution in [2.75, 3.05) is 19.8 Å². The Labute approximate surface area is 137 Å². The summed E-state index contributed by atoms with van der Waals surface area (Å²) >= 11 is 0. The fourth-order valence-electron chi connectivity index (χ4n) is 3.47. The minimum Gasteiger partial charge on any atom is -0.356 e. The molecular weight excluding hydrogens is 314 g/mol. The first-order valence-electron chi connectivity index (χ1n) is 7.97. The van der Waals surface area contributed by atoms with Crippen molar-refractivity contribution >= 4 is 28.4 Å². The lowest BCUT2D eigenvalue weighted by Crippen LogP contribution is -2.43. The molecule has 0 spiro atoms. The SMILES string of the molecule is CNS(=O)(=O)CC1CCC(N(C)C2=NC=N[C@H]3N=CC=C23)CC1. The molecule has 0 aromatic rings. The van der Waals surface area contributed by atoms with Crippen molar-refractivity contribution in [3.63, 3.8) is 0 Å². The molecule has 2 heterocycles. The molecule has 0 aromatic heterocycles. The fourth-order valence-corrected chi connectivity index (χ4v) is 4.59. The van der Waals surface area contributed by atoms with E-state index in [2.05, 4.69) is 31.6 Å². The monoisotopic (exact) mass is 337 g/mol. The highest BCUT2D eigenvalue weighted by molar-refractivity contribution is 7.89. The van der Waals surface area contributed by atoms with Gasteiger partial charge in [0.2, 0.25) is 10.0 Å². The third-order valence-corrected chi connectivity index (χ3v) is 6.40. The van der Waals surface area contributed by atoms with E-state index in [9.17, 15) is 8.42 Å². The van der Waals surface area contributed by atoms with Crippen LogP contribution in [0.3, 0.4) is 0 Å². The number of nitrogens with one attached hydrogen (secondary N) is 1. The first-order chi connectivity index (χ1) is 11.0. The first-order valence-corrected chi connectivity index (χ1v) is 9.62. The van der Waals surface area contributed by atoms with E-state index in [1.807, 2.05) is 6.08 Å². The van der Waals surface area contributed by atoms with Crippen LogP contribution in [-0.2, 0) is 10.0 Å². The summed E-state index contributed by atoms with van der Waals surface area (Å²) in [5.41, 5.74) is 1.05. The molecule has 1 fully saturated rings. The lowest BCUT2D eigenvalue weighted by atomic mass is 9.86. The zero-order valence-electron chi connectivity index (χ0n) is 13.5. The van der Waals surface area contributed by atoms with E-state index in [1.54, 1.807) is 12.6 Å². The van der Waals surface area contributed by atoms with E-state index >= 15 is 0 Å². The topological polar surface area (TPSA) is 86.5 Å². The van der Waals surface area contributed by atoms with Gasteiger partial charge in [0, 0.05) is 24.9 Å². The molecule has 0 amide bonds. The Bertz CT molecular complexity index is 672. The molecule has 23 heavy (non-hydrogen) atoms. The number of rotatable bonds is 4. The predicted octanol–water partition coefficient (Wildman–Crippen LogP) is 0.804. The molecule has 1 atom stereocenters. The van der Waals surface area contributed by atoms with Crippen molar-refractivity contribution in [1.82, 2.24) is 9.62 Å². The molecule has 0 radical (unpaired) electrons. The Morgan fingerprint density at radius 2 is 2.00 bits per heavy atom. The Hall–Kier alpha value is -1.54. The zero-order valence-corrected chi connectivity index (χ0v) is 14.3. The predicted molar refractivity (Wildman–Crippen MR) is 92.6 cm³/mol. The van der Waals surface area contributed by atoms with Crippen molar-refractivity contribution in [2.24, 2.45) is 20.9 Å². The number of fused-ring (bicyclic) bond motifs is 1. The summed E-state index contributed by atoms with van der Waals surface area (Å²) in [5, 5.41) is 0. The first kappa shape index (κ1) is 16.3. The zero-order chi connectivity index (χ0) is 16.4. The van der Waals surface area contributed by atoms with Crippen molar-refractivity contribution < 1.29 is 8.42 Å². The molecule has 3 rings (SSSR count). The second-order valence-corrected chi connectivity index (χ2v) is 8.25. The van der Waals surface area contributed by atoms with Crippen LogP contribution in [0.2, 0.25) is 0 Å². The van der Waals surface area contributed by atoms with E-state index in [-0.39, 0.29) is 17.8 Å². The molecule has 0 aromatic carbocycles. The van der Waals surface area contributed by atoms with E-state index in [4.69, 9.17) is 0 Å². The van der Waals surface area contributed by atoms with Gasteiger partial charge in [0.05, 0.1) is 5.75 Å². The maximum Gasteiger partial charge on any atom is 0.211 e. The van der Waals surface area contributed by atoms with Gasteiger partial charge in [-0.1, -0.05) is 0 Å².